The van der Waals surface area contributed by atoms with Crippen LogP contribution in [0.25, 0.3) is 0 Å². The van der Waals surface area contributed by atoms with E-state index >= 15 is 0 Å². The molecule has 2 rings (SSSR count). The van der Waals surface area contributed by atoms with E-state index in [1.807, 2.05) is 11.3 Å². The predicted molar refractivity (Wildman–Crippen MR) is 67.7 cm³/mol. The molecule has 1 aromatic rings. The lowest BCUT2D eigenvalue weighted by atomic mass is 10.0. The van der Waals surface area contributed by atoms with E-state index in [1.165, 1.54) is 24.3 Å². The minimum atomic E-state index is 0.486. The largest absolute Gasteiger partial charge is 0.316 e. The molecule has 2 atom stereocenters. The van der Waals surface area contributed by atoms with Gasteiger partial charge in [-0.15, -0.1) is 11.3 Å². The van der Waals surface area contributed by atoms with Gasteiger partial charge < -0.3 is 5.32 Å². The lowest BCUT2D eigenvalue weighted by molar-refractivity contribution is 0.579. The maximum absolute atomic E-state index is 3.53. The minimum absolute atomic E-state index is 0.486. The molecule has 0 aromatic carbocycles. The number of hydrogen-bond donors (Lipinski definition) is 1. The number of rotatable bonds is 5. The molecule has 1 aliphatic rings. The SMILES string of the molecule is CCCNCC1CC1(C)c1ccc(C)s1. The van der Waals surface area contributed by atoms with Crippen LogP contribution < -0.4 is 5.32 Å². The number of thiophene rings is 1. The fourth-order valence-electron chi connectivity index (χ4n) is 2.25. The van der Waals surface area contributed by atoms with Gasteiger partial charge in [0.2, 0.25) is 0 Å². The third kappa shape index (κ3) is 2.26. The lowest BCUT2D eigenvalue weighted by Gasteiger charge is -2.09. The zero-order valence-corrected chi connectivity index (χ0v) is 10.8. The summed E-state index contributed by atoms with van der Waals surface area (Å²) in [6.45, 7) is 9.19. The fourth-order valence-corrected chi connectivity index (χ4v) is 3.35. The van der Waals surface area contributed by atoms with Crippen molar-refractivity contribution in [2.45, 2.75) is 39.0 Å². The highest BCUT2D eigenvalue weighted by Gasteiger charge is 2.51. The molecule has 1 heterocycles. The van der Waals surface area contributed by atoms with Crippen LogP contribution in [0, 0.1) is 12.8 Å². The van der Waals surface area contributed by atoms with Gasteiger partial charge in [0.1, 0.15) is 0 Å². The monoisotopic (exact) mass is 223 g/mol. The van der Waals surface area contributed by atoms with Crippen LogP contribution in [0.15, 0.2) is 12.1 Å². The van der Waals surface area contributed by atoms with Crippen LogP contribution in [-0.2, 0) is 5.41 Å². The highest BCUT2D eigenvalue weighted by atomic mass is 32.1. The van der Waals surface area contributed by atoms with Crippen LogP contribution in [0.2, 0.25) is 0 Å². The summed E-state index contributed by atoms with van der Waals surface area (Å²) in [6.07, 6.45) is 2.60. The lowest BCUT2D eigenvalue weighted by Crippen LogP contribution is -2.20. The summed E-state index contributed by atoms with van der Waals surface area (Å²) in [5, 5.41) is 3.53. The summed E-state index contributed by atoms with van der Waals surface area (Å²) in [4.78, 5) is 3.03. The molecule has 1 aliphatic carbocycles. The van der Waals surface area contributed by atoms with E-state index < -0.39 is 0 Å². The molecule has 1 nitrogen and oxygen atoms in total. The van der Waals surface area contributed by atoms with Gasteiger partial charge in [0.25, 0.3) is 0 Å². The van der Waals surface area contributed by atoms with Gasteiger partial charge in [-0.3, -0.25) is 0 Å². The molecule has 2 heteroatoms. The van der Waals surface area contributed by atoms with Gasteiger partial charge in [0.15, 0.2) is 0 Å². The molecule has 0 saturated heterocycles. The summed E-state index contributed by atoms with van der Waals surface area (Å²) >= 11 is 1.97. The molecular weight excluding hydrogens is 202 g/mol. The Morgan fingerprint density at radius 2 is 2.33 bits per heavy atom. The molecule has 1 saturated carbocycles. The van der Waals surface area contributed by atoms with Gasteiger partial charge in [-0.2, -0.15) is 0 Å². The van der Waals surface area contributed by atoms with E-state index in [0.29, 0.717) is 5.41 Å². The summed E-state index contributed by atoms with van der Waals surface area (Å²) in [6, 6.07) is 4.57. The van der Waals surface area contributed by atoms with Crippen molar-refractivity contribution in [3.8, 4) is 0 Å². The topological polar surface area (TPSA) is 12.0 Å². The molecule has 84 valence electrons. The smallest absolute Gasteiger partial charge is 0.0110 e. The van der Waals surface area contributed by atoms with Crippen molar-refractivity contribution in [2.75, 3.05) is 13.1 Å². The Bertz CT molecular complexity index is 331. The van der Waals surface area contributed by atoms with Crippen molar-refractivity contribution in [3.05, 3.63) is 21.9 Å². The van der Waals surface area contributed by atoms with E-state index in [9.17, 15) is 0 Å². The zero-order valence-electron chi connectivity index (χ0n) is 9.97. The minimum Gasteiger partial charge on any atom is -0.316 e. The van der Waals surface area contributed by atoms with E-state index in [1.54, 1.807) is 4.88 Å². The van der Waals surface area contributed by atoms with Crippen LogP contribution in [-0.4, -0.2) is 13.1 Å². The fraction of sp³-hybridized carbons (Fsp3) is 0.692. The molecule has 15 heavy (non-hydrogen) atoms. The third-order valence-electron chi connectivity index (χ3n) is 3.53. The second-order valence-corrected chi connectivity index (χ2v) is 6.22. The second-order valence-electron chi connectivity index (χ2n) is 4.93. The van der Waals surface area contributed by atoms with Crippen molar-refractivity contribution in [2.24, 2.45) is 5.92 Å². The van der Waals surface area contributed by atoms with Gasteiger partial charge in [-0.05, 0) is 50.9 Å². The molecule has 0 radical (unpaired) electrons. The maximum atomic E-state index is 3.53. The number of nitrogens with one attached hydrogen (secondary N) is 1. The molecule has 1 aromatic heterocycles. The third-order valence-corrected chi connectivity index (χ3v) is 4.81. The van der Waals surface area contributed by atoms with Gasteiger partial charge in [-0.1, -0.05) is 13.8 Å². The standard InChI is InChI=1S/C13H21NS/c1-4-7-14-9-11-8-13(11,3)12-6-5-10(2)15-12/h5-6,11,14H,4,7-9H2,1-3H3. The molecule has 0 spiro atoms. The van der Waals surface area contributed by atoms with Crippen LogP contribution >= 0.6 is 11.3 Å². The Morgan fingerprint density at radius 1 is 1.53 bits per heavy atom. The van der Waals surface area contributed by atoms with Gasteiger partial charge >= 0.3 is 0 Å². The van der Waals surface area contributed by atoms with Gasteiger partial charge in [-0.25, -0.2) is 0 Å². The van der Waals surface area contributed by atoms with Gasteiger partial charge in [0.05, 0.1) is 0 Å². The van der Waals surface area contributed by atoms with Crippen LogP contribution in [0.4, 0.5) is 0 Å². The van der Waals surface area contributed by atoms with E-state index in [-0.39, 0.29) is 0 Å². The highest BCUT2D eigenvalue weighted by Crippen LogP contribution is 2.55. The van der Waals surface area contributed by atoms with Crippen LogP contribution in [0.1, 0.15) is 36.4 Å². The van der Waals surface area contributed by atoms with Crippen molar-refractivity contribution >= 4 is 11.3 Å². The zero-order chi connectivity index (χ0) is 10.9. The Morgan fingerprint density at radius 3 is 2.93 bits per heavy atom. The van der Waals surface area contributed by atoms with E-state index in [2.05, 4.69) is 38.2 Å². The molecule has 0 amide bonds. The summed E-state index contributed by atoms with van der Waals surface area (Å²) in [5.74, 6) is 0.863. The first-order valence-corrected chi connectivity index (χ1v) is 6.76. The predicted octanol–water partition coefficient (Wildman–Crippen LogP) is 3.33. The van der Waals surface area contributed by atoms with E-state index in [4.69, 9.17) is 0 Å². The number of aryl methyl sites for hydroxylation is 1. The first-order chi connectivity index (χ1) is 7.16. The van der Waals surface area contributed by atoms with Crippen molar-refractivity contribution in [3.63, 3.8) is 0 Å². The molecule has 0 aliphatic heterocycles. The van der Waals surface area contributed by atoms with Crippen molar-refractivity contribution < 1.29 is 0 Å². The highest BCUT2D eigenvalue weighted by molar-refractivity contribution is 7.12. The summed E-state index contributed by atoms with van der Waals surface area (Å²) in [7, 11) is 0. The summed E-state index contributed by atoms with van der Waals surface area (Å²) < 4.78 is 0. The van der Waals surface area contributed by atoms with Crippen LogP contribution in [0.5, 0.6) is 0 Å². The van der Waals surface area contributed by atoms with Crippen LogP contribution in [0.3, 0.4) is 0 Å². The maximum Gasteiger partial charge on any atom is 0.0110 e. The molecule has 2 unspecified atom stereocenters. The molecular formula is C13H21NS. The molecule has 1 fully saturated rings. The average molecular weight is 223 g/mol. The quantitative estimate of drug-likeness (QED) is 0.755. The first kappa shape index (κ1) is 11.2. The Balaban J connectivity index is 1.89. The van der Waals surface area contributed by atoms with Crippen molar-refractivity contribution in [1.29, 1.82) is 0 Å². The van der Waals surface area contributed by atoms with Crippen molar-refractivity contribution in [1.82, 2.24) is 5.32 Å². The second kappa shape index (κ2) is 4.26. The van der Waals surface area contributed by atoms with Gasteiger partial charge in [0, 0.05) is 15.2 Å². The Hall–Kier alpha value is -0.340. The first-order valence-electron chi connectivity index (χ1n) is 5.94. The number of hydrogen-bond acceptors (Lipinski definition) is 2. The summed E-state index contributed by atoms with van der Waals surface area (Å²) in [5.41, 5.74) is 0.486. The molecule has 0 bridgehead atoms. The Labute approximate surface area is 96.9 Å². The normalized spacial score (nSPS) is 29.4. The molecule has 1 N–H and O–H groups in total. The average Bonchev–Trinajstić information content (AvgIpc) is 2.66. The Kier molecular flexibility index (Phi) is 3.17. The van der Waals surface area contributed by atoms with E-state index in [0.717, 1.165) is 12.5 Å².